The first-order chi connectivity index (χ1) is 13.5. The minimum Gasteiger partial charge on any atom is -0.422 e. The Labute approximate surface area is 163 Å². The standard InChI is InChI=1S/C19H23N3O5S/c23-18(16-14-15-6-1-2-7-17(15)27-19(16)24)20-8-5-11-22(13-12-20)28(25,26)21-9-3-4-10-21/h1-2,6-7,14H,3-5,8-13H2. The quantitative estimate of drug-likeness (QED) is 0.718. The van der Waals surface area contributed by atoms with Gasteiger partial charge in [0.15, 0.2) is 0 Å². The number of hydrogen-bond donors (Lipinski definition) is 0. The van der Waals surface area contributed by atoms with Crippen LogP contribution in [0.1, 0.15) is 29.6 Å². The van der Waals surface area contributed by atoms with E-state index in [9.17, 15) is 18.0 Å². The van der Waals surface area contributed by atoms with Crippen LogP contribution in [-0.4, -0.2) is 67.1 Å². The van der Waals surface area contributed by atoms with E-state index in [1.807, 2.05) is 6.07 Å². The first-order valence-corrected chi connectivity index (χ1v) is 10.9. The molecule has 2 aromatic rings. The maximum absolute atomic E-state index is 12.9. The van der Waals surface area contributed by atoms with Gasteiger partial charge < -0.3 is 9.32 Å². The molecule has 0 atom stereocenters. The van der Waals surface area contributed by atoms with Crippen molar-refractivity contribution in [1.29, 1.82) is 0 Å². The summed E-state index contributed by atoms with van der Waals surface area (Å²) in [6.07, 6.45) is 2.29. The Bertz CT molecular complexity index is 1040. The van der Waals surface area contributed by atoms with Crippen molar-refractivity contribution in [3.05, 3.63) is 46.3 Å². The van der Waals surface area contributed by atoms with Crippen LogP contribution in [0, 0.1) is 0 Å². The molecule has 1 amide bonds. The predicted octanol–water partition coefficient (Wildman–Crippen LogP) is 1.28. The van der Waals surface area contributed by atoms with Crippen LogP contribution in [0.5, 0.6) is 0 Å². The number of carbonyl (C=O) groups excluding carboxylic acids is 1. The van der Waals surface area contributed by atoms with Crippen LogP contribution >= 0.6 is 0 Å². The van der Waals surface area contributed by atoms with E-state index in [2.05, 4.69) is 0 Å². The molecule has 0 radical (unpaired) electrons. The Balaban J connectivity index is 1.52. The largest absolute Gasteiger partial charge is 0.422 e. The van der Waals surface area contributed by atoms with Crippen molar-refractivity contribution in [2.75, 3.05) is 39.3 Å². The van der Waals surface area contributed by atoms with E-state index >= 15 is 0 Å². The van der Waals surface area contributed by atoms with Gasteiger partial charge in [-0.15, -0.1) is 0 Å². The Kier molecular flexibility index (Phi) is 5.22. The zero-order valence-corrected chi connectivity index (χ0v) is 16.4. The van der Waals surface area contributed by atoms with Gasteiger partial charge in [-0.3, -0.25) is 4.79 Å². The second-order valence-corrected chi connectivity index (χ2v) is 9.07. The van der Waals surface area contributed by atoms with Crippen LogP contribution in [0.4, 0.5) is 0 Å². The molecule has 0 unspecified atom stereocenters. The molecule has 0 bridgehead atoms. The molecule has 1 aromatic carbocycles. The molecule has 4 rings (SSSR count). The first-order valence-electron chi connectivity index (χ1n) is 9.54. The SMILES string of the molecule is O=C(c1cc2ccccc2oc1=O)N1CCCN(S(=O)(=O)N2CCCC2)CC1. The van der Waals surface area contributed by atoms with Crippen LogP contribution in [0.15, 0.2) is 39.5 Å². The summed E-state index contributed by atoms with van der Waals surface area (Å²) in [5, 5.41) is 0.679. The molecule has 150 valence electrons. The molecule has 9 heteroatoms. The number of benzene rings is 1. The molecule has 2 saturated heterocycles. The number of rotatable bonds is 3. The van der Waals surface area contributed by atoms with Gasteiger partial charge in [0, 0.05) is 44.7 Å². The third-order valence-corrected chi connectivity index (χ3v) is 7.37. The number of nitrogens with zero attached hydrogens (tertiary/aromatic N) is 3. The van der Waals surface area contributed by atoms with E-state index in [0.717, 1.165) is 12.8 Å². The summed E-state index contributed by atoms with van der Waals surface area (Å²) >= 11 is 0. The second kappa shape index (κ2) is 7.65. The summed E-state index contributed by atoms with van der Waals surface area (Å²) < 4.78 is 33.8. The van der Waals surface area contributed by atoms with E-state index in [4.69, 9.17) is 4.42 Å². The molecular formula is C19H23N3O5S. The van der Waals surface area contributed by atoms with Gasteiger partial charge in [-0.1, -0.05) is 18.2 Å². The van der Waals surface area contributed by atoms with E-state index < -0.39 is 21.7 Å². The van der Waals surface area contributed by atoms with Crippen LogP contribution in [0.2, 0.25) is 0 Å². The van der Waals surface area contributed by atoms with E-state index in [-0.39, 0.29) is 18.7 Å². The minimum absolute atomic E-state index is 0.0189. The highest BCUT2D eigenvalue weighted by molar-refractivity contribution is 7.86. The lowest BCUT2D eigenvalue weighted by atomic mass is 10.1. The monoisotopic (exact) mass is 405 g/mol. The maximum atomic E-state index is 12.9. The molecule has 0 saturated carbocycles. The molecule has 28 heavy (non-hydrogen) atoms. The lowest BCUT2D eigenvalue weighted by Crippen LogP contribution is -2.44. The molecule has 2 aliphatic rings. The number of hydrogen-bond acceptors (Lipinski definition) is 5. The third kappa shape index (κ3) is 3.57. The van der Waals surface area contributed by atoms with Gasteiger partial charge in [-0.2, -0.15) is 17.0 Å². The topological polar surface area (TPSA) is 91.1 Å². The highest BCUT2D eigenvalue weighted by atomic mass is 32.2. The molecule has 2 fully saturated rings. The highest BCUT2D eigenvalue weighted by Crippen LogP contribution is 2.19. The Hall–Kier alpha value is -2.23. The first kappa shape index (κ1) is 19.1. The van der Waals surface area contributed by atoms with E-state index in [1.54, 1.807) is 29.2 Å². The lowest BCUT2D eigenvalue weighted by Gasteiger charge is -2.26. The zero-order chi connectivity index (χ0) is 19.7. The lowest BCUT2D eigenvalue weighted by molar-refractivity contribution is 0.0760. The molecule has 3 heterocycles. The second-order valence-electron chi connectivity index (χ2n) is 7.14. The molecule has 8 nitrogen and oxygen atoms in total. The smallest absolute Gasteiger partial charge is 0.349 e. The van der Waals surface area contributed by atoms with Crippen molar-refractivity contribution >= 4 is 27.1 Å². The molecule has 1 aromatic heterocycles. The van der Waals surface area contributed by atoms with Gasteiger partial charge in [-0.05, 0) is 31.4 Å². The van der Waals surface area contributed by atoms with Gasteiger partial charge in [0.1, 0.15) is 11.1 Å². The van der Waals surface area contributed by atoms with Crippen LogP contribution in [0.25, 0.3) is 11.0 Å². The predicted molar refractivity (Wildman–Crippen MR) is 104 cm³/mol. The average Bonchev–Trinajstić information content (AvgIpc) is 3.12. The van der Waals surface area contributed by atoms with E-state index in [0.29, 0.717) is 43.6 Å². The summed E-state index contributed by atoms with van der Waals surface area (Å²) in [7, 11) is -3.49. The number of amides is 1. The van der Waals surface area contributed by atoms with Gasteiger partial charge >= 0.3 is 5.63 Å². The van der Waals surface area contributed by atoms with Gasteiger partial charge in [0.05, 0.1) is 0 Å². The summed E-state index contributed by atoms with van der Waals surface area (Å²) in [6, 6.07) is 8.58. The number of fused-ring (bicyclic) bond motifs is 1. The zero-order valence-electron chi connectivity index (χ0n) is 15.5. The van der Waals surface area contributed by atoms with Crippen molar-refractivity contribution in [3.63, 3.8) is 0 Å². The normalized spacial score (nSPS) is 19.8. The van der Waals surface area contributed by atoms with Crippen LogP contribution in [-0.2, 0) is 10.2 Å². The average molecular weight is 405 g/mol. The molecule has 2 aliphatic heterocycles. The van der Waals surface area contributed by atoms with Crippen molar-refractivity contribution in [1.82, 2.24) is 13.5 Å². The van der Waals surface area contributed by atoms with Crippen LogP contribution in [0.3, 0.4) is 0 Å². The fraction of sp³-hybridized carbons (Fsp3) is 0.474. The fourth-order valence-corrected chi connectivity index (χ4v) is 5.51. The van der Waals surface area contributed by atoms with Crippen molar-refractivity contribution in [2.24, 2.45) is 0 Å². The van der Waals surface area contributed by atoms with Crippen molar-refractivity contribution in [2.45, 2.75) is 19.3 Å². The summed E-state index contributed by atoms with van der Waals surface area (Å²) in [4.78, 5) is 26.7. The minimum atomic E-state index is -3.49. The fourth-order valence-electron chi connectivity index (χ4n) is 3.79. The maximum Gasteiger partial charge on any atom is 0.349 e. The molecule has 0 spiro atoms. The Morgan fingerprint density at radius 2 is 1.57 bits per heavy atom. The Morgan fingerprint density at radius 1 is 0.893 bits per heavy atom. The van der Waals surface area contributed by atoms with Gasteiger partial charge in [-0.25, -0.2) is 4.79 Å². The summed E-state index contributed by atoms with van der Waals surface area (Å²) in [5.74, 6) is -0.417. The summed E-state index contributed by atoms with van der Waals surface area (Å²) in [6.45, 7) is 2.35. The summed E-state index contributed by atoms with van der Waals surface area (Å²) in [5.41, 5.74) is -0.258. The third-order valence-electron chi connectivity index (χ3n) is 5.33. The number of para-hydroxylation sites is 1. The molecule has 0 N–H and O–H groups in total. The number of carbonyl (C=O) groups is 1. The highest BCUT2D eigenvalue weighted by Gasteiger charge is 2.33. The van der Waals surface area contributed by atoms with Gasteiger partial charge in [0.2, 0.25) is 0 Å². The van der Waals surface area contributed by atoms with E-state index in [1.165, 1.54) is 8.61 Å². The van der Waals surface area contributed by atoms with Gasteiger partial charge in [0.25, 0.3) is 16.1 Å². The molecular weight excluding hydrogens is 382 g/mol. The molecule has 0 aliphatic carbocycles. The van der Waals surface area contributed by atoms with Crippen molar-refractivity contribution in [3.8, 4) is 0 Å². The van der Waals surface area contributed by atoms with Crippen LogP contribution < -0.4 is 5.63 Å². The van der Waals surface area contributed by atoms with Crippen molar-refractivity contribution < 1.29 is 17.6 Å². The Morgan fingerprint density at radius 3 is 2.36 bits per heavy atom.